The molecule has 1 aliphatic carbocycles. The highest BCUT2D eigenvalue weighted by Crippen LogP contribution is 2.12. The molecule has 0 aromatic heterocycles. The molecule has 0 fully saturated rings. The van der Waals surface area contributed by atoms with Gasteiger partial charge in [-0.1, -0.05) is 6.08 Å². The molecule has 2 heteroatoms. The zero-order valence-corrected chi connectivity index (χ0v) is 5.00. The Hall–Kier alpha value is -1.05. The van der Waals surface area contributed by atoms with Gasteiger partial charge in [0.25, 0.3) is 0 Å². The number of allylic oxidation sites excluding steroid dienone is 3. The maximum atomic E-state index is 10.1. The molecule has 1 aliphatic rings. The zero-order chi connectivity index (χ0) is 6.69. The Bertz CT molecular complexity index is 177. The van der Waals surface area contributed by atoms with Crippen LogP contribution in [-0.2, 0) is 4.79 Å². The maximum Gasteiger partial charge on any atom is 0.146 e. The molecular formula is C7H8O2. The molecule has 0 spiro atoms. The van der Waals surface area contributed by atoms with Crippen LogP contribution in [0.2, 0.25) is 0 Å². The molecule has 9 heavy (non-hydrogen) atoms. The summed E-state index contributed by atoms with van der Waals surface area (Å²) in [6.07, 6.45) is 5.30. The van der Waals surface area contributed by atoms with Crippen LogP contribution in [0.15, 0.2) is 23.5 Å². The number of hydrogen-bond donors (Lipinski definition) is 1. The van der Waals surface area contributed by atoms with Crippen molar-refractivity contribution in [2.45, 2.75) is 12.8 Å². The van der Waals surface area contributed by atoms with E-state index in [4.69, 9.17) is 5.11 Å². The third-order valence-corrected chi connectivity index (χ3v) is 1.30. The average molecular weight is 124 g/mol. The summed E-state index contributed by atoms with van der Waals surface area (Å²) in [6, 6.07) is 0. The number of hydrogen-bond acceptors (Lipinski definition) is 2. The van der Waals surface area contributed by atoms with Crippen LogP contribution in [0.25, 0.3) is 0 Å². The lowest BCUT2D eigenvalue weighted by Crippen LogP contribution is -1.91. The molecule has 0 atom stereocenters. The molecule has 0 saturated carbocycles. The van der Waals surface area contributed by atoms with Gasteiger partial charge in [-0.2, -0.15) is 0 Å². The molecule has 0 aliphatic heterocycles. The summed E-state index contributed by atoms with van der Waals surface area (Å²) in [4.78, 5) is 10.1. The maximum absolute atomic E-state index is 10.1. The lowest BCUT2D eigenvalue weighted by Gasteiger charge is -2.02. The van der Waals surface area contributed by atoms with Gasteiger partial charge in [0.2, 0.25) is 0 Å². The summed E-state index contributed by atoms with van der Waals surface area (Å²) in [5.74, 6) is 0.362. The molecule has 1 rings (SSSR count). The summed E-state index contributed by atoms with van der Waals surface area (Å²) in [5, 5.41) is 8.82. The third-order valence-electron chi connectivity index (χ3n) is 1.30. The number of aldehydes is 1. The number of carbonyl (C=O) groups is 1. The van der Waals surface area contributed by atoms with E-state index in [2.05, 4.69) is 0 Å². The van der Waals surface area contributed by atoms with Crippen LogP contribution in [-0.4, -0.2) is 11.4 Å². The SMILES string of the molecule is O=CC1=CCC(O)=CC1. The first-order valence-corrected chi connectivity index (χ1v) is 2.85. The summed E-state index contributed by atoms with van der Waals surface area (Å²) in [6.45, 7) is 0. The van der Waals surface area contributed by atoms with Crippen LogP contribution < -0.4 is 0 Å². The van der Waals surface area contributed by atoms with E-state index < -0.39 is 0 Å². The van der Waals surface area contributed by atoms with Gasteiger partial charge < -0.3 is 5.11 Å². The first kappa shape index (κ1) is 6.08. The molecule has 0 aromatic carbocycles. The number of rotatable bonds is 1. The molecule has 0 unspecified atom stereocenters. The first-order chi connectivity index (χ1) is 4.33. The van der Waals surface area contributed by atoms with Crippen molar-refractivity contribution in [3.05, 3.63) is 23.5 Å². The van der Waals surface area contributed by atoms with Crippen molar-refractivity contribution in [1.29, 1.82) is 0 Å². The zero-order valence-electron chi connectivity index (χ0n) is 5.00. The standard InChI is InChI=1S/C7H8O2/c8-5-6-1-3-7(9)4-2-6/h1,4-5,9H,2-3H2. The van der Waals surface area contributed by atoms with E-state index in [9.17, 15) is 4.79 Å². The Morgan fingerprint density at radius 2 is 2.22 bits per heavy atom. The summed E-state index contributed by atoms with van der Waals surface area (Å²) in [5.41, 5.74) is 0.757. The van der Waals surface area contributed by atoms with Crippen LogP contribution >= 0.6 is 0 Å². The Balaban J connectivity index is 2.58. The molecule has 0 saturated heterocycles. The van der Waals surface area contributed by atoms with Crippen LogP contribution in [0.4, 0.5) is 0 Å². The van der Waals surface area contributed by atoms with Gasteiger partial charge in [0, 0.05) is 6.42 Å². The van der Waals surface area contributed by atoms with Crippen molar-refractivity contribution in [3.8, 4) is 0 Å². The fourth-order valence-corrected chi connectivity index (χ4v) is 0.734. The van der Waals surface area contributed by atoms with E-state index in [1.54, 1.807) is 12.2 Å². The highest BCUT2D eigenvalue weighted by Gasteiger charge is 2.00. The predicted octanol–water partition coefficient (Wildman–Crippen LogP) is 1.35. The average Bonchev–Trinajstić information content (AvgIpc) is 1.90. The Kier molecular flexibility index (Phi) is 1.68. The second-order valence-electron chi connectivity index (χ2n) is 2.00. The van der Waals surface area contributed by atoms with Crippen molar-refractivity contribution < 1.29 is 9.90 Å². The molecule has 0 heterocycles. The molecule has 0 aromatic rings. The normalized spacial score (nSPS) is 18.2. The second-order valence-corrected chi connectivity index (χ2v) is 2.00. The monoisotopic (exact) mass is 124 g/mol. The van der Waals surface area contributed by atoms with Gasteiger partial charge in [0.05, 0.1) is 5.76 Å². The van der Waals surface area contributed by atoms with Gasteiger partial charge in [-0.3, -0.25) is 4.79 Å². The lowest BCUT2D eigenvalue weighted by molar-refractivity contribution is -0.105. The smallest absolute Gasteiger partial charge is 0.146 e. The summed E-state index contributed by atoms with van der Waals surface area (Å²) in [7, 11) is 0. The molecule has 2 nitrogen and oxygen atoms in total. The van der Waals surface area contributed by atoms with Crippen LogP contribution in [0, 0.1) is 0 Å². The van der Waals surface area contributed by atoms with Crippen molar-refractivity contribution in [1.82, 2.24) is 0 Å². The van der Waals surface area contributed by atoms with Crippen molar-refractivity contribution in [2.75, 3.05) is 0 Å². The minimum Gasteiger partial charge on any atom is -0.512 e. The van der Waals surface area contributed by atoms with Crippen LogP contribution in [0.5, 0.6) is 0 Å². The van der Waals surface area contributed by atoms with Gasteiger partial charge in [-0.25, -0.2) is 0 Å². The van der Waals surface area contributed by atoms with Crippen molar-refractivity contribution in [3.63, 3.8) is 0 Å². The van der Waals surface area contributed by atoms with Gasteiger partial charge >= 0.3 is 0 Å². The number of aliphatic hydroxyl groups excluding tert-OH is 1. The van der Waals surface area contributed by atoms with E-state index in [0.29, 0.717) is 18.6 Å². The minimum atomic E-state index is 0.362. The minimum absolute atomic E-state index is 0.362. The van der Waals surface area contributed by atoms with E-state index >= 15 is 0 Å². The van der Waals surface area contributed by atoms with E-state index in [-0.39, 0.29) is 0 Å². The van der Waals surface area contributed by atoms with Gasteiger partial charge in [-0.05, 0) is 18.1 Å². The molecular weight excluding hydrogens is 116 g/mol. The third kappa shape index (κ3) is 1.42. The molecule has 1 N–H and O–H groups in total. The molecule has 0 amide bonds. The van der Waals surface area contributed by atoms with Crippen molar-refractivity contribution in [2.24, 2.45) is 0 Å². The van der Waals surface area contributed by atoms with Gasteiger partial charge in [-0.15, -0.1) is 0 Å². The highest BCUT2D eigenvalue weighted by atomic mass is 16.3. The summed E-state index contributed by atoms with van der Waals surface area (Å²) >= 11 is 0. The van der Waals surface area contributed by atoms with E-state index in [1.807, 2.05) is 0 Å². The summed E-state index contributed by atoms with van der Waals surface area (Å²) < 4.78 is 0. The Morgan fingerprint density at radius 3 is 2.67 bits per heavy atom. The fraction of sp³-hybridized carbons (Fsp3) is 0.286. The number of carbonyl (C=O) groups excluding carboxylic acids is 1. The van der Waals surface area contributed by atoms with E-state index in [0.717, 1.165) is 11.9 Å². The van der Waals surface area contributed by atoms with Crippen molar-refractivity contribution >= 4 is 6.29 Å². The van der Waals surface area contributed by atoms with E-state index in [1.165, 1.54) is 0 Å². The largest absolute Gasteiger partial charge is 0.512 e. The van der Waals surface area contributed by atoms with Crippen LogP contribution in [0.1, 0.15) is 12.8 Å². The topological polar surface area (TPSA) is 37.3 Å². The second kappa shape index (κ2) is 2.49. The highest BCUT2D eigenvalue weighted by molar-refractivity contribution is 5.74. The predicted molar refractivity (Wildman–Crippen MR) is 34.1 cm³/mol. The van der Waals surface area contributed by atoms with Gasteiger partial charge in [0.15, 0.2) is 0 Å². The van der Waals surface area contributed by atoms with Gasteiger partial charge in [0.1, 0.15) is 6.29 Å². The number of aliphatic hydroxyl groups is 1. The quantitative estimate of drug-likeness (QED) is 0.535. The molecule has 0 radical (unpaired) electrons. The molecule has 48 valence electrons. The van der Waals surface area contributed by atoms with Crippen LogP contribution in [0.3, 0.4) is 0 Å². The lowest BCUT2D eigenvalue weighted by atomic mass is 10.1. The molecule has 0 bridgehead atoms. The fourth-order valence-electron chi connectivity index (χ4n) is 0.734. The Morgan fingerprint density at radius 1 is 1.44 bits per heavy atom. The first-order valence-electron chi connectivity index (χ1n) is 2.85. The Labute approximate surface area is 53.5 Å².